The molecule has 0 unspecified atom stereocenters. The van der Waals surface area contributed by atoms with Gasteiger partial charge in [-0.05, 0) is 123 Å². The minimum Gasteiger partial charge on any atom is -0.0622 e. The fourth-order valence-electron chi connectivity index (χ4n) is 8.23. The van der Waals surface area contributed by atoms with Gasteiger partial charge in [-0.15, -0.1) is 0 Å². The van der Waals surface area contributed by atoms with Crippen molar-refractivity contribution in [3.63, 3.8) is 0 Å². The maximum absolute atomic E-state index is 2.45. The predicted octanol–water partition coefficient (Wildman–Crippen LogP) is 14.6. The molecule has 0 fully saturated rings. The molecule has 0 saturated heterocycles. The van der Waals surface area contributed by atoms with Crippen molar-refractivity contribution in [2.75, 3.05) is 0 Å². The molecule has 0 saturated carbocycles. The highest BCUT2D eigenvalue weighted by Crippen LogP contribution is 2.47. The van der Waals surface area contributed by atoms with E-state index >= 15 is 0 Å². The zero-order valence-corrected chi connectivity index (χ0v) is 28.6. The van der Waals surface area contributed by atoms with E-state index in [1.54, 1.807) is 0 Å². The molecule has 0 aromatic heterocycles. The van der Waals surface area contributed by atoms with Crippen LogP contribution in [-0.4, -0.2) is 0 Å². The summed E-state index contributed by atoms with van der Waals surface area (Å²) < 4.78 is 0. The van der Waals surface area contributed by atoms with E-state index in [0.717, 1.165) is 0 Å². The molecule has 0 heterocycles. The van der Waals surface area contributed by atoms with Gasteiger partial charge in [0.1, 0.15) is 0 Å². The Bertz CT molecular complexity index is 2870. The van der Waals surface area contributed by atoms with E-state index < -0.39 is 0 Å². The minimum atomic E-state index is 1.21. The molecule has 0 N–H and O–H groups in total. The van der Waals surface area contributed by atoms with Crippen molar-refractivity contribution in [1.29, 1.82) is 0 Å². The molecule has 0 radical (unpaired) electrons. The van der Waals surface area contributed by atoms with Crippen molar-refractivity contribution in [2.24, 2.45) is 0 Å². The molecule has 0 bridgehead atoms. The van der Waals surface area contributed by atoms with Crippen LogP contribution in [0.2, 0.25) is 0 Å². The smallest absolute Gasteiger partial charge is 0.00201 e. The van der Waals surface area contributed by atoms with Gasteiger partial charge in [0.25, 0.3) is 0 Å². The van der Waals surface area contributed by atoms with Crippen LogP contribution in [0.25, 0.3) is 98.7 Å². The van der Waals surface area contributed by atoms with E-state index in [4.69, 9.17) is 0 Å². The third kappa shape index (κ3) is 5.08. The Labute approximate surface area is 303 Å². The standard InChI is InChI=1S/C52H34/c1-3-15-35(16-4-1)40-31-41(36-17-5-2-6-18-36)33-42(32-40)51-47-25-11-12-26-48(47)52(46-28-14-22-38-20-8-10-24-44(38)46)49-30-29-39(34-50(49)51)45-27-13-21-37-19-7-9-23-43(37)45/h1-34H. The van der Waals surface area contributed by atoms with Gasteiger partial charge in [-0.25, -0.2) is 0 Å². The van der Waals surface area contributed by atoms with E-state index in [2.05, 4.69) is 206 Å². The molecule has 0 aliphatic carbocycles. The lowest BCUT2D eigenvalue weighted by Crippen LogP contribution is -1.94. The van der Waals surface area contributed by atoms with Crippen molar-refractivity contribution in [3.05, 3.63) is 206 Å². The zero-order chi connectivity index (χ0) is 34.4. The quantitative estimate of drug-likeness (QED) is 0.161. The summed E-state index contributed by atoms with van der Waals surface area (Å²) in [5.41, 5.74) is 12.3. The van der Waals surface area contributed by atoms with Crippen LogP contribution in [0.4, 0.5) is 0 Å². The lowest BCUT2D eigenvalue weighted by atomic mass is 9.82. The van der Waals surface area contributed by atoms with Crippen molar-refractivity contribution < 1.29 is 0 Å². The molecule has 10 rings (SSSR count). The van der Waals surface area contributed by atoms with Crippen molar-refractivity contribution in [1.82, 2.24) is 0 Å². The molecule has 0 spiro atoms. The lowest BCUT2D eigenvalue weighted by molar-refractivity contribution is 1.58. The Morgan fingerprint density at radius 3 is 1.25 bits per heavy atom. The molecule has 52 heavy (non-hydrogen) atoms. The molecular weight excluding hydrogens is 625 g/mol. The zero-order valence-electron chi connectivity index (χ0n) is 28.6. The summed E-state index contributed by atoms with van der Waals surface area (Å²) in [5.74, 6) is 0. The number of rotatable bonds is 5. The molecule has 0 amide bonds. The molecule has 0 nitrogen and oxygen atoms in total. The fourth-order valence-corrected chi connectivity index (χ4v) is 8.23. The average Bonchev–Trinajstić information content (AvgIpc) is 3.22. The summed E-state index contributed by atoms with van der Waals surface area (Å²) in [7, 11) is 0. The van der Waals surface area contributed by atoms with E-state index in [0.29, 0.717) is 0 Å². The van der Waals surface area contributed by atoms with Crippen molar-refractivity contribution in [2.45, 2.75) is 0 Å². The first-order valence-corrected chi connectivity index (χ1v) is 18.0. The van der Waals surface area contributed by atoms with Crippen LogP contribution < -0.4 is 0 Å². The largest absolute Gasteiger partial charge is 0.0622 e. The van der Waals surface area contributed by atoms with Crippen molar-refractivity contribution >= 4 is 43.1 Å². The monoisotopic (exact) mass is 658 g/mol. The van der Waals surface area contributed by atoms with Gasteiger partial charge in [0, 0.05) is 0 Å². The van der Waals surface area contributed by atoms with Gasteiger partial charge >= 0.3 is 0 Å². The summed E-state index contributed by atoms with van der Waals surface area (Å²) in [6.07, 6.45) is 0. The summed E-state index contributed by atoms with van der Waals surface area (Å²) >= 11 is 0. The maximum atomic E-state index is 2.45. The lowest BCUT2D eigenvalue weighted by Gasteiger charge is -2.21. The fraction of sp³-hybridized carbons (Fsp3) is 0. The van der Waals surface area contributed by atoms with E-state index in [-0.39, 0.29) is 0 Å². The van der Waals surface area contributed by atoms with E-state index in [1.807, 2.05) is 0 Å². The van der Waals surface area contributed by atoms with Crippen LogP contribution in [0.1, 0.15) is 0 Å². The summed E-state index contributed by atoms with van der Waals surface area (Å²) in [6.45, 7) is 0. The minimum absolute atomic E-state index is 1.21. The van der Waals surface area contributed by atoms with Gasteiger partial charge < -0.3 is 0 Å². The van der Waals surface area contributed by atoms with Gasteiger partial charge in [0.2, 0.25) is 0 Å². The second kappa shape index (κ2) is 12.5. The summed E-state index contributed by atoms with van der Waals surface area (Å²) in [6, 6.07) is 75.7. The first kappa shape index (κ1) is 30.1. The molecule has 10 aromatic rings. The third-order valence-corrected chi connectivity index (χ3v) is 10.6. The van der Waals surface area contributed by atoms with Gasteiger partial charge in [-0.3, -0.25) is 0 Å². The Kier molecular flexibility index (Phi) is 7.25. The van der Waals surface area contributed by atoms with Gasteiger partial charge in [0.05, 0.1) is 0 Å². The average molecular weight is 659 g/mol. The van der Waals surface area contributed by atoms with Crippen LogP contribution in [0.15, 0.2) is 206 Å². The Morgan fingerprint density at radius 2 is 0.635 bits per heavy atom. The molecule has 0 aliphatic rings. The molecule has 0 heteroatoms. The van der Waals surface area contributed by atoms with Crippen LogP contribution >= 0.6 is 0 Å². The van der Waals surface area contributed by atoms with Gasteiger partial charge in [-0.2, -0.15) is 0 Å². The normalized spacial score (nSPS) is 11.5. The number of hydrogen-bond donors (Lipinski definition) is 0. The first-order valence-electron chi connectivity index (χ1n) is 18.0. The topological polar surface area (TPSA) is 0 Å². The number of benzene rings is 10. The van der Waals surface area contributed by atoms with Crippen LogP contribution in [-0.2, 0) is 0 Å². The SMILES string of the molecule is c1ccc(-c2cc(-c3ccccc3)cc(-c3c4ccccc4c(-c4cccc5ccccc45)c4ccc(-c5cccc6ccccc56)cc34)c2)cc1. The third-order valence-electron chi connectivity index (χ3n) is 10.6. The Hall–Kier alpha value is -6.76. The van der Waals surface area contributed by atoms with Gasteiger partial charge in [-0.1, -0.05) is 182 Å². The van der Waals surface area contributed by atoms with Crippen LogP contribution in [0.3, 0.4) is 0 Å². The Morgan fingerprint density at radius 1 is 0.192 bits per heavy atom. The van der Waals surface area contributed by atoms with Crippen LogP contribution in [0, 0.1) is 0 Å². The number of fused-ring (bicyclic) bond motifs is 4. The van der Waals surface area contributed by atoms with Crippen LogP contribution in [0.5, 0.6) is 0 Å². The highest BCUT2D eigenvalue weighted by molar-refractivity contribution is 6.24. The molecule has 10 aromatic carbocycles. The molecule has 0 aliphatic heterocycles. The molecular formula is C52H34. The summed E-state index contributed by atoms with van der Waals surface area (Å²) in [5, 5.41) is 10.0. The highest BCUT2D eigenvalue weighted by atomic mass is 14.2. The maximum Gasteiger partial charge on any atom is -0.00201 e. The van der Waals surface area contributed by atoms with E-state index in [1.165, 1.54) is 98.7 Å². The second-order valence-electron chi connectivity index (χ2n) is 13.6. The first-order chi connectivity index (χ1) is 25.8. The Balaban J connectivity index is 1.36. The molecule has 0 atom stereocenters. The predicted molar refractivity (Wildman–Crippen MR) is 224 cm³/mol. The second-order valence-corrected chi connectivity index (χ2v) is 13.6. The van der Waals surface area contributed by atoms with Gasteiger partial charge in [0.15, 0.2) is 0 Å². The van der Waals surface area contributed by atoms with E-state index in [9.17, 15) is 0 Å². The highest BCUT2D eigenvalue weighted by Gasteiger charge is 2.20. The number of hydrogen-bond acceptors (Lipinski definition) is 0. The summed E-state index contributed by atoms with van der Waals surface area (Å²) in [4.78, 5) is 0. The molecule has 242 valence electrons. The van der Waals surface area contributed by atoms with Crippen molar-refractivity contribution in [3.8, 4) is 55.6 Å².